The summed E-state index contributed by atoms with van der Waals surface area (Å²) in [6.07, 6.45) is 3.49. The van der Waals surface area contributed by atoms with E-state index in [9.17, 15) is 22.0 Å². The summed E-state index contributed by atoms with van der Waals surface area (Å²) in [6, 6.07) is 12.3. The number of benzene rings is 2. The van der Waals surface area contributed by atoms with Crippen LogP contribution in [-0.2, 0) is 20.4 Å². The molecule has 1 heterocycles. The predicted octanol–water partition coefficient (Wildman–Crippen LogP) is 3.56. The van der Waals surface area contributed by atoms with Crippen LogP contribution in [0.1, 0.15) is 37.7 Å². The van der Waals surface area contributed by atoms with Crippen molar-refractivity contribution >= 4 is 15.9 Å². The molecule has 2 fully saturated rings. The minimum Gasteiger partial charge on any atom is -0.346 e. The summed E-state index contributed by atoms with van der Waals surface area (Å²) in [5.41, 5.74) is 0.748. The number of halogens is 2. The average Bonchev–Trinajstić information content (AvgIpc) is 2.73. The molecular weight excluding hydrogens is 410 g/mol. The van der Waals surface area contributed by atoms with Crippen LogP contribution in [0.3, 0.4) is 0 Å². The average molecular weight is 435 g/mol. The molecule has 2 aliphatic rings. The largest absolute Gasteiger partial charge is 0.346 e. The van der Waals surface area contributed by atoms with E-state index in [1.54, 1.807) is 0 Å². The quantitative estimate of drug-likeness (QED) is 0.783. The highest BCUT2D eigenvalue weighted by molar-refractivity contribution is 7.89. The molecule has 4 rings (SSSR count). The molecule has 1 aliphatic carbocycles. The summed E-state index contributed by atoms with van der Waals surface area (Å²) in [4.78, 5) is 12.3. The highest BCUT2D eigenvalue weighted by Crippen LogP contribution is 2.41. The fourth-order valence-corrected chi connectivity index (χ4v) is 5.83. The van der Waals surface area contributed by atoms with Crippen molar-refractivity contribution in [2.45, 2.75) is 42.5 Å². The summed E-state index contributed by atoms with van der Waals surface area (Å²) in [7, 11) is -4.15. The Labute approximate surface area is 175 Å². The van der Waals surface area contributed by atoms with Gasteiger partial charge >= 0.3 is 0 Å². The Kier molecular flexibility index (Phi) is 5.63. The third kappa shape index (κ3) is 3.86. The Morgan fingerprint density at radius 3 is 2.30 bits per heavy atom. The molecule has 1 N–H and O–H groups in total. The van der Waals surface area contributed by atoms with E-state index in [0.717, 1.165) is 41.3 Å². The second-order valence-electron chi connectivity index (χ2n) is 8.04. The Morgan fingerprint density at radius 1 is 1.03 bits per heavy atom. The molecule has 0 aromatic heterocycles. The van der Waals surface area contributed by atoms with E-state index in [0.29, 0.717) is 18.9 Å². The van der Waals surface area contributed by atoms with Crippen molar-refractivity contribution in [2.75, 3.05) is 13.1 Å². The van der Waals surface area contributed by atoms with Crippen molar-refractivity contribution in [3.8, 4) is 0 Å². The zero-order valence-corrected chi connectivity index (χ0v) is 17.3. The Hall–Kier alpha value is -2.32. The Balaban J connectivity index is 1.42. The number of hydrogen-bond acceptors (Lipinski definition) is 3. The minimum absolute atomic E-state index is 0.0764. The van der Waals surface area contributed by atoms with Crippen molar-refractivity contribution in [3.63, 3.8) is 0 Å². The molecule has 0 radical (unpaired) electrons. The van der Waals surface area contributed by atoms with Gasteiger partial charge in [0, 0.05) is 19.0 Å². The highest BCUT2D eigenvalue weighted by atomic mass is 32.2. The number of hydrogen-bond donors (Lipinski definition) is 1. The zero-order chi connectivity index (χ0) is 21.4. The van der Waals surface area contributed by atoms with Gasteiger partial charge in [-0.05, 0) is 55.9 Å². The first-order chi connectivity index (χ1) is 14.3. The van der Waals surface area contributed by atoms with Crippen LogP contribution in [0.4, 0.5) is 8.78 Å². The van der Waals surface area contributed by atoms with Gasteiger partial charge in [0.25, 0.3) is 0 Å². The van der Waals surface area contributed by atoms with Gasteiger partial charge in [-0.1, -0.05) is 30.3 Å². The van der Waals surface area contributed by atoms with Crippen molar-refractivity contribution < 1.29 is 22.0 Å². The van der Waals surface area contributed by atoms with Crippen molar-refractivity contribution in [1.29, 1.82) is 0 Å². The number of carbonyl (C=O) groups is 1. The SMILES string of the molecule is O=C(NC1(c2ccccc2)CCC1)C1CCN(S(=O)(=O)c2cc(F)ccc2F)CC1. The molecule has 2 aromatic rings. The molecule has 0 atom stereocenters. The van der Waals surface area contributed by atoms with Gasteiger partial charge in [-0.15, -0.1) is 0 Å². The highest BCUT2D eigenvalue weighted by Gasteiger charge is 2.42. The topological polar surface area (TPSA) is 66.5 Å². The van der Waals surface area contributed by atoms with Crippen molar-refractivity contribution in [3.05, 3.63) is 65.7 Å². The van der Waals surface area contributed by atoms with Crippen molar-refractivity contribution in [2.24, 2.45) is 5.92 Å². The number of amides is 1. The van der Waals surface area contributed by atoms with Crippen LogP contribution in [-0.4, -0.2) is 31.7 Å². The molecule has 5 nitrogen and oxygen atoms in total. The molecule has 1 saturated carbocycles. The number of piperidine rings is 1. The fourth-order valence-electron chi connectivity index (χ4n) is 4.28. The lowest BCUT2D eigenvalue weighted by Crippen LogP contribution is -2.53. The van der Waals surface area contributed by atoms with E-state index in [-0.39, 0.29) is 30.5 Å². The van der Waals surface area contributed by atoms with Crippen LogP contribution in [0.2, 0.25) is 0 Å². The monoisotopic (exact) mass is 434 g/mol. The molecule has 0 bridgehead atoms. The molecule has 1 aliphatic heterocycles. The van der Waals surface area contributed by atoms with Crippen LogP contribution < -0.4 is 5.32 Å². The third-order valence-electron chi connectivity index (χ3n) is 6.23. The normalized spacial score (nSPS) is 19.8. The zero-order valence-electron chi connectivity index (χ0n) is 16.5. The van der Waals surface area contributed by atoms with E-state index in [1.807, 2.05) is 30.3 Å². The van der Waals surface area contributed by atoms with E-state index >= 15 is 0 Å². The first-order valence-corrected chi connectivity index (χ1v) is 11.6. The van der Waals surface area contributed by atoms with Gasteiger partial charge in [-0.3, -0.25) is 4.79 Å². The maximum Gasteiger partial charge on any atom is 0.246 e. The van der Waals surface area contributed by atoms with Crippen LogP contribution in [0.5, 0.6) is 0 Å². The van der Waals surface area contributed by atoms with Gasteiger partial charge in [0.2, 0.25) is 15.9 Å². The van der Waals surface area contributed by atoms with Crippen molar-refractivity contribution in [1.82, 2.24) is 9.62 Å². The van der Waals surface area contributed by atoms with Crippen LogP contribution >= 0.6 is 0 Å². The number of rotatable bonds is 5. The maximum absolute atomic E-state index is 14.0. The second kappa shape index (κ2) is 8.07. The maximum atomic E-state index is 14.0. The van der Waals surface area contributed by atoms with Gasteiger partial charge < -0.3 is 5.32 Å². The second-order valence-corrected chi connectivity index (χ2v) is 9.95. The molecule has 30 heavy (non-hydrogen) atoms. The van der Waals surface area contributed by atoms with Gasteiger partial charge in [-0.25, -0.2) is 17.2 Å². The lowest BCUT2D eigenvalue weighted by atomic mass is 9.71. The predicted molar refractivity (Wildman–Crippen MR) is 108 cm³/mol. The van der Waals surface area contributed by atoms with Crippen LogP contribution in [0.15, 0.2) is 53.4 Å². The summed E-state index contributed by atoms with van der Waals surface area (Å²) < 4.78 is 54.0. The lowest BCUT2D eigenvalue weighted by molar-refractivity contribution is -0.129. The van der Waals surface area contributed by atoms with E-state index in [2.05, 4.69) is 5.32 Å². The number of carbonyl (C=O) groups excluding carboxylic acids is 1. The number of nitrogens with zero attached hydrogens (tertiary/aromatic N) is 1. The first kappa shape index (κ1) is 20.9. The summed E-state index contributed by atoms with van der Waals surface area (Å²) in [5.74, 6) is -2.18. The van der Waals surface area contributed by atoms with E-state index in [1.165, 1.54) is 0 Å². The minimum atomic E-state index is -4.15. The van der Waals surface area contributed by atoms with Gasteiger partial charge in [0.15, 0.2) is 0 Å². The number of nitrogens with one attached hydrogen (secondary N) is 1. The summed E-state index contributed by atoms with van der Waals surface area (Å²) >= 11 is 0. The van der Waals surface area contributed by atoms with Gasteiger partial charge in [-0.2, -0.15) is 4.31 Å². The van der Waals surface area contributed by atoms with E-state index in [4.69, 9.17) is 0 Å². The lowest BCUT2D eigenvalue weighted by Gasteiger charge is -2.44. The summed E-state index contributed by atoms with van der Waals surface area (Å²) in [6.45, 7) is 0.184. The molecular formula is C22H24F2N2O3S. The third-order valence-corrected chi connectivity index (χ3v) is 8.15. The molecule has 8 heteroatoms. The number of sulfonamides is 1. The molecule has 2 aromatic carbocycles. The molecule has 1 amide bonds. The standard InChI is InChI=1S/C22H24F2N2O3S/c23-18-7-8-19(24)20(15-18)30(28,29)26-13-9-16(10-14-26)21(27)25-22(11-4-12-22)17-5-2-1-3-6-17/h1-3,5-8,15-16H,4,9-14H2,(H,25,27). The van der Waals surface area contributed by atoms with E-state index < -0.39 is 26.6 Å². The summed E-state index contributed by atoms with van der Waals surface area (Å²) in [5, 5.41) is 3.20. The fraction of sp³-hybridized carbons (Fsp3) is 0.409. The smallest absolute Gasteiger partial charge is 0.246 e. The van der Waals surface area contributed by atoms with Gasteiger partial charge in [0.05, 0.1) is 5.54 Å². The molecule has 1 saturated heterocycles. The van der Waals surface area contributed by atoms with Crippen LogP contribution in [0, 0.1) is 17.6 Å². The molecule has 0 spiro atoms. The van der Waals surface area contributed by atoms with Gasteiger partial charge in [0.1, 0.15) is 16.5 Å². The molecule has 160 valence electrons. The Morgan fingerprint density at radius 2 is 1.70 bits per heavy atom. The first-order valence-electron chi connectivity index (χ1n) is 10.1. The Bertz CT molecular complexity index is 1030. The molecule has 0 unspecified atom stereocenters. The van der Waals surface area contributed by atoms with Crippen LogP contribution in [0.25, 0.3) is 0 Å².